The molecule has 0 aromatic rings. The molecule has 82 valence electrons. The van der Waals surface area contributed by atoms with Crippen molar-refractivity contribution in [3.63, 3.8) is 0 Å². The SMILES string of the molecule is COC(COC(=O)CCC(=O)O)OC. The van der Waals surface area contributed by atoms with Crippen molar-refractivity contribution in [1.29, 1.82) is 0 Å². The zero-order chi connectivity index (χ0) is 11.0. The number of hydrogen-bond acceptors (Lipinski definition) is 5. The molecule has 0 aliphatic carbocycles. The second-order valence-corrected chi connectivity index (χ2v) is 2.48. The number of methoxy groups -OCH3 is 2. The number of carboxylic acids is 1. The van der Waals surface area contributed by atoms with Crippen molar-refractivity contribution in [3.05, 3.63) is 0 Å². The molecule has 0 heterocycles. The summed E-state index contributed by atoms with van der Waals surface area (Å²) in [6, 6.07) is 0. The Bertz CT molecular complexity index is 186. The lowest BCUT2D eigenvalue weighted by Gasteiger charge is -2.12. The van der Waals surface area contributed by atoms with Crippen LogP contribution in [-0.4, -0.2) is 44.2 Å². The first-order chi connectivity index (χ1) is 6.60. The quantitative estimate of drug-likeness (QED) is 0.467. The topological polar surface area (TPSA) is 82.1 Å². The zero-order valence-corrected chi connectivity index (χ0v) is 8.19. The van der Waals surface area contributed by atoms with Gasteiger partial charge in [-0.2, -0.15) is 0 Å². The predicted molar refractivity (Wildman–Crippen MR) is 45.6 cm³/mol. The van der Waals surface area contributed by atoms with E-state index in [0.29, 0.717) is 0 Å². The molecule has 0 amide bonds. The van der Waals surface area contributed by atoms with E-state index in [4.69, 9.17) is 14.6 Å². The van der Waals surface area contributed by atoms with Gasteiger partial charge in [-0.15, -0.1) is 0 Å². The molecule has 0 aliphatic heterocycles. The van der Waals surface area contributed by atoms with E-state index >= 15 is 0 Å². The molecule has 14 heavy (non-hydrogen) atoms. The van der Waals surface area contributed by atoms with Crippen molar-refractivity contribution in [1.82, 2.24) is 0 Å². The van der Waals surface area contributed by atoms with Crippen molar-refractivity contribution in [3.8, 4) is 0 Å². The van der Waals surface area contributed by atoms with Gasteiger partial charge in [0.15, 0.2) is 6.29 Å². The van der Waals surface area contributed by atoms with Gasteiger partial charge in [0.05, 0.1) is 12.8 Å². The Hall–Kier alpha value is -1.14. The van der Waals surface area contributed by atoms with E-state index in [0.717, 1.165) is 0 Å². The van der Waals surface area contributed by atoms with E-state index in [9.17, 15) is 9.59 Å². The van der Waals surface area contributed by atoms with E-state index in [2.05, 4.69) is 4.74 Å². The van der Waals surface area contributed by atoms with Gasteiger partial charge in [0.25, 0.3) is 0 Å². The Balaban J connectivity index is 3.57. The minimum absolute atomic E-state index is 0.0363. The molecule has 0 radical (unpaired) electrons. The lowest BCUT2D eigenvalue weighted by Crippen LogP contribution is -2.22. The van der Waals surface area contributed by atoms with Crippen LogP contribution in [-0.2, 0) is 23.8 Å². The van der Waals surface area contributed by atoms with Crippen LogP contribution in [0.15, 0.2) is 0 Å². The molecule has 0 rings (SSSR count). The molecular weight excluding hydrogens is 192 g/mol. The fourth-order valence-corrected chi connectivity index (χ4v) is 0.674. The van der Waals surface area contributed by atoms with Crippen LogP contribution in [0.1, 0.15) is 12.8 Å². The lowest BCUT2D eigenvalue weighted by molar-refractivity contribution is -0.167. The third-order valence-corrected chi connectivity index (χ3v) is 1.45. The lowest BCUT2D eigenvalue weighted by atomic mass is 10.3. The third-order valence-electron chi connectivity index (χ3n) is 1.45. The van der Waals surface area contributed by atoms with Crippen LogP contribution in [0.4, 0.5) is 0 Å². The Labute approximate surface area is 81.8 Å². The monoisotopic (exact) mass is 206 g/mol. The normalized spacial score (nSPS) is 10.2. The standard InChI is InChI=1S/C8H14O6/c1-12-8(13-2)5-14-7(11)4-3-6(9)10/h8H,3-5H2,1-2H3,(H,9,10). The molecule has 0 saturated heterocycles. The number of hydrogen-bond donors (Lipinski definition) is 1. The second kappa shape index (κ2) is 7.28. The van der Waals surface area contributed by atoms with Crippen LogP contribution < -0.4 is 0 Å². The predicted octanol–water partition coefficient (Wildman–Crippen LogP) is 0.0133. The van der Waals surface area contributed by atoms with Crippen LogP contribution >= 0.6 is 0 Å². The molecule has 0 aliphatic rings. The largest absolute Gasteiger partial charge is 0.481 e. The third kappa shape index (κ3) is 6.38. The molecule has 0 unspecified atom stereocenters. The van der Waals surface area contributed by atoms with Crippen molar-refractivity contribution < 1.29 is 28.9 Å². The van der Waals surface area contributed by atoms with Gasteiger partial charge in [-0.05, 0) is 0 Å². The molecule has 0 atom stereocenters. The molecule has 6 nitrogen and oxygen atoms in total. The molecule has 0 spiro atoms. The van der Waals surface area contributed by atoms with Gasteiger partial charge in [0.1, 0.15) is 6.61 Å². The summed E-state index contributed by atoms with van der Waals surface area (Å²) in [4.78, 5) is 21.0. The molecule has 0 saturated carbocycles. The fourth-order valence-electron chi connectivity index (χ4n) is 0.674. The Morgan fingerprint density at radius 1 is 1.21 bits per heavy atom. The van der Waals surface area contributed by atoms with E-state index in [1.54, 1.807) is 0 Å². The Morgan fingerprint density at radius 3 is 2.21 bits per heavy atom. The number of carbonyl (C=O) groups excluding carboxylic acids is 1. The highest BCUT2D eigenvalue weighted by atomic mass is 16.7. The molecule has 0 aromatic carbocycles. The number of esters is 1. The highest BCUT2D eigenvalue weighted by Crippen LogP contribution is 1.96. The summed E-state index contributed by atoms with van der Waals surface area (Å²) in [5.74, 6) is -1.61. The Kier molecular flexibility index (Phi) is 6.69. The van der Waals surface area contributed by atoms with Gasteiger partial charge < -0.3 is 19.3 Å². The zero-order valence-electron chi connectivity index (χ0n) is 8.19. The maximum absolute atomic E-state index is 10.9. The highest BCUT2D eigenvalue weighted by molar-refractivity contribution is 5.76. The van der Waals surface area contributed by atoms with Gasteiger partial charge >= 0.3 is 11.9 Å². The van der Waals surface area contributed by atoms with Gasteiger partial charge in [0.2, 0.25) is 0 Å². The minimum Gasteiger partial charge on any atom is -0.481 e. The van der Waals surface area contributed by atoms with Gasteiger partial charge in [0, 0.05) is 14.2 Å². The van der Waals surface area contributed by atoms with Crippen LogP contribution in [0.5, 0.6) is 0 Å². The Morgan fingerprint density at radius 2 is 1.79 bits per heavy atom. The summed E-state index contributed by atoms with van der Waals surface area (Å²) in [6.07, 6.45) is -0.984. The summed E-state index contributed by atoms with van der Waals surface area (Å²) in [5, 5.41) is 8.27. The first kappa shape index (κ1) is 12.9. The molecule has 1 N–H and O–H groups in total. The fraction of sp³-hybridized carbons (Fsp3) is 0.750. The second-order valence-electron chi connectivity index (χ2n) is 2.48. The van der Waals surface area contributed by atoms with Crippen molar-refractivity contribution in [2.24, 2.45) is 0 Å². The number of ether oxygens (including phenoxy) is 3. The smallest absolute Gasteiger partial charge is 0.306 e. The number of rotatable bonds is 7. The summed E-state index contributed by atoms with van der Waals surface area (Å²) >= 11 is 0. The van der Waals surface area contributed by atoms with Crippen molar-refractivity contribution >= 4 is 11.9 Å². The van der Waals surface area contributed by atoms with E-state index in [-0.39, 0.29) is 19.4 Å². The van der Waals surface area contributed by atoms with Crippen LogP contribution in [0.2, 0.25) is 0 Å². The van der Waals surface area contributed by atoms with Crippen molar-refractivity contribution in [2.45, 2.75) is 19.1 Å². The van der Waals surface area contributed by atoms with Gasteiger partial charge in [-0.1, -0.05) is 0 Å². The molecule has 6 heteroatoms. The average molecular weight is 206 g/mol. The van der Waals surface area contributed by atoms with Crippen LogP contribution in [0, 0.1) is 0 Å². The van der Waals surface area contributed by atoms with E-state index in [1.165, 1.54) is 14.2 Å². The first-order valence-electron chi connectivity index (χ1n) is 4.03. The number of carbonyl (C=O) groups is 2. The molecular formula is C8H14O6. The maximum Gasteiger partial charge on any atom is 0.306 e. The van der Waals surface area contributed by atoms with Gasteiger partial charge in [-0.25, -0.2) is 0 Å². The van der Waals surface area contributed by atoms with E-state index in [1.807, 2.05) is 0 Å². The minimum atomic E-state index is -1.03. The summed E-state index contributed by atoms with van der Waals surface area (Å²) in [7, 11) is 2.83. The number of aliphatic carboxylic acids is 1. The van der Waals surface area contributed by atoms with Gasteiger partial charge in [-0.3, -0.25) is 9.59 Å². The van der Waals surface area contributed by atoms with Crippen LogP contribution in [0.3, 0.4) is 0 Å². The summed E-state index contributed by atoms with van der Waals surface area (Å²) < 4.78 is 14.2. The first-order valence-corrected chi connectivity index (χ1v) is 4.03. The average Bonchev–Trinajstić information content (AvgIpc) is 2.16. The summed E-state index contributed by atoms with van der Waals surface area (Å²) in [6.45, 7) is -0.0363. The van der Waals surface area contributed by atoms with E-state index < -0.39 is 18.2 Å². The molecule has 0 bridgehead atoms. The van der Waals surface area contributed by atoms with Crippen molar-refractivity contribution in [2.75, 3.05) is 20.8 Å². The van der Waals surface area contributed by atoms with Crippen LogP contribution in [0.25, 0.3) is 0 Å². The summed E-state index contributed by atoms with van der Waals surface area (Å²) in [5.41, 5.74) is 0. The number of carboxylic acid groups (broad SMARTS) is 1. The molecule has 0 fully saturated rings. The highest BCUT2D eigenvalue weighted by Gasteiger charge is 2.10. The maximum atomic E-state index is 10.9. The molecule has 0 aromatic heterocycles.